The molecular weight excluding hydrogens is 394 g/mol. The molecule has 0 bridgehead atoms. The van der Waals surface area contributed by atoms with Gasteiger partial charge in [-0.05, 0) is 36.8 Å². The average molecular weight is 414 g/mol. The van der Waals surface area contributed by atoms with E-state index in [0.717, 1.165) is 31.9 Å². The van der Waals surface area contributed by atoms with E-state index in [1.165, 1.54) is 11.3 Å². The van der Waals surface area contributed by atoms with Crippen molar-refractivity contribution in [1.29, 1.82) is 0 Å². The van der Waals surface area contributed by atoms with Crippen LogP contribution >= 0.6 is 11.3 Å². The third kappa shape index (κ3) is 5.10. The Morgan fingerprint density at radius 3 is 2.93 bits per heavy atom. The first kappa shape index (κ1) is 19.9. The third-order valence-corrected chi connectivity index (χ3v) is 5.72. The summed E-state index contributed by atoms with van der Waals surface area (Å²) in [5.74, 6) is 6.18. The first-order valence-electron chi connectivity index (χ1n) is 8.40. The van der Waals surface area contributed by atoms with E-state index in [9.17, 15) is 13.5 Å². The Morgan fingerprint density at radius 1 is 1.32 bits per heavy atom. The summed E-state index contributed by atoms with van der Waals surface area (Å²) in [4.78, 5) is 4.29. The number of sulfonamides is 1. The summed E-state index contributed by atoms with van der Waals surface area (Å²) in [5, 5.41) is 15.0. The number of phenolic OH excluding ortho intramolecular Hbond substituents is 1. The van der Waals surface area contributed by atoms with Gasteiger partial charge in [0.05, 0.1) is 16.3 Å². The Labute approximate surface area is 168 Å². The number of aryl methyl sites for hydroxylation is 1. The molecule has 2 aromatic carbocycles. The summed E-state index contributed by atoms with van der Waals surface area (Å²) in [5.41, 5.74) is 2.98. The molecule has 0 spiro atoms. The highest BCUT2D eigenvalue weighted by Gasteiger charge is 2.07. The minimum Gasteiger partial charge on any atom is -0.506 e. The molecule has 0 amide bonds. The monoisotopic (exact) mass is 413 g/mol. The number of nitrogens with zero attached hydrogens (tertiary/aromatic N) is 1. The predicted molar refractivity (Wildman–Crippen MR) is 114 cm³/mol. The number of hydrogen-bond donors (Lipinski definition) is 3. The average Bonchev–Trinajstić information content (AvgIpc) is 3.05. The first-order chi connectivity index (χ1) is 13.4. The van der Waals surface area contributed by atoms with E-state index in [-0.39, 0.29) is 12.3 Å². The second kappa shape index (κ2) is 8.44. The number of nitrogens with one attached hydrogen (secondary N) is 2. The van der Waals surface area contributed by atoms with Crippen molar-refractivity contribution in [3.05, 3.63) is 64.5 Å². The quantitative estimate of drug-likeness (QED) is 0.539. The van der Waals surface area contributed by atoms with Gasteiger partial charge in [-0.25, -0.2) is 18.1 Å². The second-order valence-electron chi connectivity index (χ2n) is 5.96. The van der Waals surface area contributed by atoms with E-state index in [4.69, 9.17) is 0 Å². The smallest absolute Gasteiger partial charge is 0.233 e. The van der Waals surface area contributed by atoms with E-state index < -0.39 is 10.0 Å². The summed E-state index contributed by atoms with van der Waals surface area (Å²) in [6.07, 6.45) is 0. The third-order valence-electron chi connectivity index (χ3n) is 3.82. The summed E-state index contributed by atoms with van der Waals surface area (Å²) >= 11 is 1.52. The molecule has 8 heteroatoms. The fourth-order valence-corrected chi connectivity index (χ4v) is 3.90. The number of anilines is 1. The Morgan fingerprint density at radius 2 is 2.14 bits per heavy atom. The number of phenols is 1. The normalized spacial score (nSPS) is 11.0. The molecule has 0 aliphatic carbocycles. The van der Waals surface area contributed by atoms with Gasteiger partial charge in [0.2, 0.25) is 10.0 Å². The van der Waals surface area contributed by atoms with Gasteiger partial charge >= 0.3 is 0 Å². The zero-order valence-electron chi connectivity index (χ0n) is 15.2. The highest BCUT2D eigenvalue weighted by atomic mass is 32.2. The molecule has 0 unspecified atom stereocenters. The van der Waals surface area contributed by atoms with Crippen LogP contribution in [0.1, 0.15) is 16.1 Å². The van der Waals surface area contributed by atoms with E-state index in [1.54, 1.807) is 6.07 Å². The topological polar surface area (TPSA) is 91.3 Å². The van der Waals surface area contributed by atoms with Crippen LogP contribution < -0.4 is 10.0 Å². The van der Waals surface area contributed by atoms with Gasteiger partial charge < -0.3 is 10.4 Å². The van der Waals surface area contributed by atoms with Crippen LogP contribution in [0.25, 0.3) is 10.2 Å². The van der Waals surface area contributed by atoms with Crippen molar-refractivity contribution in [2.24, 2.45) is 0 Å². The fourth-order valence-electron chi connectivity index (χ4n) is 2.52. The van der Waals surface area contributed by atoms with E-state index >= 15 is 0 Å². The van der Waals surface area contributed by atoms with Crippen molar-refractivity contribution in [2.45, 2.75) is 13.5 Å². The van der Waals surface area contributed by atoms with Crippen LogP contribution in [0.4, 0.5) is 5.69 Å². The predicted octanol–water partition coefficient (Wildman–Crippen LogP) is 3.34. The number of aromatic hydroxyl groups is 1. The van der Waals surface area contributed by atoms with Crippen LogP contribution in [0.3, 0.4) is 0 Å². The van der Waals surface area contributed by atoms with Gasteiger partial charge in [0.1, 0.15) is 11.3 Å². The van der Waals surface area contributed by atoms with E-state index in [2.05, 4.69) is 33.4 Å². The van der Waals surface area contributed by atoms with Crippen LogP contribution in [-0.2, 0) is 16.6 Å². The number of aromatic nitrogens is 1. The molecule has 28 heavy (non-hydrogen) atoms. The number of thiazole rings is 1. The van der Waals surface area contributed by atoms with Crippen LogP contribution in [0, 0.1) is 18.8 Å². The highest BCUT2D eigenvalue weighted by molar-refractivity contribution is 7.92. The first-order valence-corrected chi connectivity index (χ1v) is 10.8. The van der Waals surface area contributed by atoms with Crippen molar-refractivity contribution >= 4 is 37.3 Å². The van der Waals surface area contributed by atoms with Crippen molar-refractivity contribution in [3.8, 4) is 17.6 Å². The van der Waals surface area contributed by atoms with Crippen molar-refractivity contribution in [2.75, 3.05) is 11.9 Å². The minimum atomic E-state index is -3.45. The lowest BCUT2D eigenvalue weighted by molar-refractivity contribution is 0.480. The van der Waals surface area contributed by atoms with Gasteiger partial charge in [0, 0.05) is 23.2 Å². The van der Waals surface area contributed by atoms with Crippen LogP contribution in [0.15, 0.2) is 48.4 Å². The van der Waals surface area contributed by atoms with Crippen molar-refractivity contribution < 1.29 is 13.5 Å². The zero-order valence-corrected chi connectivity index (χ0v) is 16.8. The maximum absolute atomic E-state index is 11.4. The van der Waals surface area contributed by atoms with Crippen LogP contribution in [-0.4, -0.2) is 25.1 Å². The molecule has 3 rings (SSSR count). The molecule has 0 atom stereocenters. The van der Waals surface area contributed by atoms with Crippen LogP contribution in [0.5, 0.6) is 5.75 Å². The lowest BCUT2D eigenvalue weighted by atomic mass is 10.2. The molecule has 0 aliphatic heterocycles. The number of benzene rings is 2. The molecule has 0 radical (unpaired) electrons. The zero-order chi connectivity index (χ0) is 20.1. The lowest BCUT2D eigenvalue weighted by Gasteiger charge is -2.06. The highest BCUT2D eigenvalue weighted by Crippen LogP contribution is 2.30. The molecule has 3 aromatic rings. The molecule has 144 valence electrons. The summed E-state index contributed by atoms with van der Waals surface area (Å²) < 4.78 is 26.2. The second-order valence-corrected chi connectivity index (χ2v) is 8.91. The minimum absolute atomic E-state index is 0.133. The van der Waals surface area contributed by atoms with Gasteiger partial charge in [-0.15, -0.1) is 11.3 Å². The van der Waals surface area contributed by atoms with E-state index in [1.807, 2.05) is 37.3 Å². The molecule has 1 aromatic heterocycles. The summed E-state index contributed by atoms with van der Waals surface area (Å²) in [7, 11) is -3.45. The van der Waals surface area contributed by atoms with Gasteiger partial charge in [0.15, 0.2) is 0 Å². The number of rotatable bonds is 6. The van der Waals surface area contributed by atoms with Crippen molar-refractivity contribution in [1.82, 2.24) is 9.71 Å². The van der Waals surface area contributed by atoms with Gasteiger partial charge in [-0.3, -0.25) is 0 Å². The molecule has 0 aliphatic rings. The lowest BCUT2D eigenvalue weighted by Crippen LogP contribution is -2.20. The van der Waals surface area contributed by atoms with Gasteiger partial charge in [0.25, 0.3) is 0 Å². The fraction of sp³-hybridized carbons (Fsp3) is 0.150. The van der Waals surface area contributed by atoms with Gasteiger partial charge in [-0.1, -0.05) is 30.6 Å². The molecule has 6 nitrogen and oxygen atoms in total. The Bertz CT molecular complexity index is 1190. The molecule has 0 saturated carbocycles. The standard InChI is InChI=1S/C20H19N3O3S2/c1-3-28(25,26)22-13-16-6-4-8-17(10-16)21-9-5-7-15-11-18(24)20-19(12-15)27-14(2)23-20/h3-4,6,8,10-12,21-22,24H,1,9,13H2,2H3. The molecular formula is C20H19N3O3S2. The summed E-state index contributed by atoms with van der Waals surface area (Å²) in [6.45, 7) is 5.75. The van der Waals surface area contributed by atoms with Gasteiger partial charge in [-0.2, -0.15) is 0 Å². The Balaban J connectivity index is 1.63. The SMILES string of the molecule is C=CS(=O)(=O)NCc1cccc(NCC#Cc2cc(O)c3nc(C)sc3c2)c1. The molecule has 1 heterocycles. The molecule has 0 saturated heterocycles. The van der Waals surface area contributed by atoms with E-state index in [0.29, 0.717) is 12.1 Å². The van der Waals surface area contributed by atoms with Crippen molar-refractivity contribution in [3.63, 3.8) is 0 Å². The maximum atomic E-state index is 11.4. The maximum Gasteiger partial charge on any atom is 0.233 e. The number of fused-ring (bicyclic) bond motifs is 1. The largest absolute Gasteiger partial charge is 0.506 e. The summed E-state index contributed by atoms with van der Waals surface area (Å²) in [6, 6.07) is 10.9. The van der Waals surface area contributed by atoms with Crippen LogP contribution in [0.2, 0.25) is 0 Å². The number of hydrogen-bond acceptors (Lipinski definition) is 6. The molecule has 0 fully saturated rings. The Kier molecular flexibility index (Phi) is 5.99. The molecule has 3 N–H and O–H groups in total. The Hall–Kier alpha value is -2.86.